The Balaban J connectivity index is 1.19. The first-order chi connectivity index (χ1) is 33.4. The molecule has 0 amide bonds. The molecular weight excluding hydrogens is 817 g/mol. The summed E-state index contributed by atoms with van der Waals surface area (Å²) in [6.45, 7) is 8.78. The van der Waals surface area contributed by atoms with Crippen LogP contribution in [0.25, 0.3) is 121 Å². The summed E-state index contributed by atoms with van der Waals surface area (Å²) < 4.78 is 0. The number of aryl methyl sites for hydroxylation is 4. The van der Waals surface area contributed by atoms with E-state index >= 15 is 0 Å². The van der Waals surface area contributed by atoms with Gasteiger partial charge < -0.3 is 0 Å². The van der Waals surface area contributed by atoms with Crippen LogP contribution in [0.1, 0.15) is 22.3 Å². The van der Waals surface area contributed by atoms with Gasteiger partial charge in [0, 0.05) is 0 Å². The van der Waals surface area contributed by atoms with Crippen molar-refractivity contribution in [2.24, 2.45) is 0 Å². The zero-order valence-corrected chi connectivity index (χ0v) is 38.9. The van der Waals surface area contributed by atoms with Crippen molar-refractivity contribution in [1.29, 1.82) is 0 Å². The van der Waals surface area contributed by atoms with Crippen molar-refractivity contribution >= 4 is 43.1 Å². The SMILES string of the molecule is Cc1cc(C)cc(-c2ccc(-c3ccccc3)c(-c3c4ccccc4c(-c4c5ccccc5c(-c5cc(-c6cc(C)cc(C)c6)ccc5-c5ccccc5)c5ccccc45)c4ccccc34)c2)c1. The highest BCUT2D eigenvalue weighted by molar-refractivity contribution is 6.30. The molecule has 0 radical (unpaired) electrons. The molecule has 0 aliphatic carbocycles. The minimum Gasteiger partial charge on any atom is -0.0622 e. The predicted octanol–water partition coefficient (Wildman–Crippen LogP) is 19.2. The van der Waals surface area contributed by atoms with Gasteiger partial charge in [-0.1, -0.05) is 241 Å². The van der Waals surface area contributed by atoms with Gasteiger partial charge in [0.05, 0.1) is 0 Å². The lowest BCUT2D eigenvalue weighted by Crippen LogP contribution is -1.96. The summed E-state index contributed by atoms with van der Waals surface area (Å²) in [6.07, 6.45) is 0. The van der Waals surface area contributed by atoms with E-state index in [0.29, 0.717) is 0 Å². The molecule has 0 aliphatic rings. The predicted molar refractivity (Wildman–Crippen MR) is 293 cm³/mol. The quantitative estimate of drug-likeness (QED) is 0.140. The van der Waals surface area contributed by atoms with Gasteiger partial charge in [-0.3, -0.25) is 0 Å². The van der Waals surface area contributed by atoms with Crippen molar-refractivity contribution in [3.8, 4) is 77.9 Å². The molecule has 0 atom stereocenters. The van der Waals surface area contributed by atoms with E-state index < -0.39 is 0 Å². The number of rotatable bonds is 7. The molecule has 0 fully saturated rings. The number of hydrogen-bond acceptors (Lipinski definition) is 0. The van der Waals surface area contributed by atoms with Gasteiger partial charge in [-0.25, -0.2) is 0 Å². The second-order valence-electron chi connectivity index (χ2n) is 18.7. The van der Waals surface area contributed by atoms with Gasteiger partial charge in [-0.2, -0.15) is 0 Å². The Morgan fingerprint density at radius 2 is 0.441 bits per heavy atom. The molecule has 0 heteroatoms. The van der Waals surface area contributed by atoms with Crippen LogP contribution in [0.15, 0.2) is 231 Å². The van der Waals surface area contributed by atoms with Crippen molar-refractivity contribution < 1.29 is 0 Å². The van der Waals surface area contributed by atoms with Gasteiger partial charge in [-0.05, 0) is 161 Å². The normalized spacial score (nSPS) is 11.5. The Bertz CT molecular complexity index is 3510. The Morgan fingerprint density at radius 1 is 0.176 bits per heavy atom. The number of hydrogen-bond donors (Lipinski definition) is 0. The highest BCUT2D eigenvalue weighted by Crippen LogP contribution is 2.52. The van der Waals surface area contributed by atoms with Crippen molar-refractivity contribution in [2.45, 2.75) is 27.7 Å². The van der Waals surface area contributed by atoms with Crippen LogP contribution in [0.5, 0.6) is 0 Å². The molecule has 0 aromatic heterocycles. The van der Waals surface area contributed by atoms with Crippen LogP contribution in [0, 0.1) is 27.7 Å². The van der Waals surface area contributed by atoms with Crippen LogP contribution >= 0.6 is 0 Å². The standard InChI is InChI=1S/C68H50/c1-43-35-44(2)38-51(37-43)49-31-33-53(47-19-7-5-8-20-47)63(41-49)65-55-23-11-15-27-59(55)67(60-28-16-12-24-56(60)65)68-61-29-17-13-25-57(61)66(58-26-14-18-30-62(58)68)64-42-50(52-39-45(3)36-46(4)40-52)32-34-54(64)48-21-9-6-10-22-48/h5-42H,1-4H3. The zero-order chi connectivity index (χ0) is 45.9. The summed E-state index contributed by atoms with van der Waals surface area (Å²) in [5.41, 5.74) is 22.3. The topological polar surface area (TPSA) is 0 Å². The second-order valence-corrected chi connectivity index (χ2v) is 18.7. The number of benzene rings is 12. The molecule has 0 bridgehead atoms. The van der Waals surface area contributed by atoms with Crippen LogP contribution in [0.4, 0.5) is 0 Å². The monoisotopic (exact) mass is 866 g/mol. The molecule has 0 aliphatic heterocycles. The first-order valence-electron chi connectivity index (χ1n) is 23.8. The molecule has 0 saturated carbocycles. The van der Waals surface area contributed by atoms with E-state index in [1.54, 1.807) is 0 Å². The van der Waals surface area contributed by atoms with Gasteiger partial charge >= 0.3 is 0 Å². The summed E-state index contributed by atoms with van der Waals surface area (Å²) in [4.78, 5) is 0. The summed E-state index contributed by atoms with van der Waals surface area (Å²) in [5.74, 6) is 0. The lowest BCUT2D eigenvalue weighted by molar-refractivity contribution is 1.38. The molecular formula is C68H50. The fraction of sp³-hybridized carbons (Fsp3) is 0.0588. The highest BCUT2D eigenvalue weighted by atomic mass is 14.3. The second kappa shape index (κ2) is 16.8. The van der Waals surface area contributed by atoms with Crippen LogP contribution in [-0.2, 0) is 0 Å². The summed E-state index contributed by atoms with van der Waals surface area (Å²) in [7, 11) is 0. The van der Waals surface area contributed by atoms with E-state index in [1.165, 1.54) is 143 Å². The van der Waals surface area contributed by atoms with E-state index in [1.807, 2.05) is 0 Å². The molecule has 0 unspecified atom stereocenters. The first kappa shape index (κ1) is 41.1. The van der Waals surface area contributed by atoms with Crippen molar-refractivity contribution in [2.75, 3.05) is 0 Å². The van der Waals surface area contributed by atoms with E-state index in [0.717, 1.165) is 0 Å². The Morgan fingerprint density at radius 3 is 0.735 bits per heavy atom. The van der Waals surface area contributed by atoms with E-state index in [2.05, 4.69) is 258 Å². The van der Waals surface area contributed by atoms with Gasteiger partial charge in [0.15, 0.2) is 0 Å². The van der Waals surface area contributed by atoms with Crippen molar-refractivity contribution in [1.82, 2.24) is 0 Å². The molecule has 0 spiro atoms. The van der Waals surface area contributed by atoms with Gasteiger partial charge in [0.25, 0.3) is 0 Å². The van der Waals surface area contributed by atoms with Crippen molar-refractivity contribution in [3.05, 3.63) is 253 Å². The smallest absolute Gasteiger partial charge is 0.00139 e. The highest BCUT2D eigenvalue weighted by Gasteiger charge is 2.25. The van der Waals surface area contributed by atoms with Gasteiger partial charge in [0.2, 0.25) is 0 Å². The Hall–Kier alpha value is -8.32. The van der Waals surface area contributed by atoms with Gasteiger partial charge in [-0.15, -0.1) is 0 Å². The van der Waals surface area contributed by atoms with Crippen LogP contribution in [0.3, 0.4) is 0 Å². The number of fused-ring (bicyclic) bond motifs is 4. The average Bonchev–Trinajstić information content (AvgIpc) is 3.37. The largest absolute Gasteiger partial charge is 0.0622 e. The lowest BCUT2D eigenvalue weighted by atomic mass is 9.79. The molecule has 12 aromatic rings. The van der Waals surface area contributed by atoms with E-state index in [4.69, 9.17) is 0 Å². The van der Waals surface area contributed by atoms with Crippen LogP contribution in [0.2, 0.25) is 0 Å². The molecule has 0 heterocycles. The molecule has 12 aromatic carbocycles. The molecule has 322 valence electrons. The van der Waals surface area contributed by atoms with E-state index in [9.17, 15) is 0 Å². The van der Waals surface area contributed by atoms with Gasteiger partial charge in [0.1, 0.15) is 0 Å². The summed E-state index contributed by atoms with van der Waals surface area (Å²) in [6, 6.07) is 86.3. The molecule has 12 rings (SSSR count). The fourth-order valence-electron chi connectivity index (χ4n) is 11.3. The molecule has 0 saturated heterocycles. The molecule has 0 nitrogen and oxygen atoms in total. The summed E-state index contributed by atoms with van der Waals surface area (Å²) >= 11 is 0. The molecule has 68 heavy (non-hydrogen) atoms. The van der Waals surface area contributed by atoms with Crippen LogP contribution in [-0.4, -0.2) is 0 Å². The average molecular weight is 867 g/mol. The Labute approximate surface area is 399 Å². The third kappa shape index (κ3) is 7.09. The maximum absolute atomic E-state index is 2.44. The zero-order valence-electron chi connectivity index (χ0n) is 38.9. The van der Waals surface area contributed by atoms with E-state index in [-0.39, 0.29) is 0 Å². The third-order valence-corrected chi connectivity index (χ3v) is 14.0. The van der Waals surface area contributed by atoms with Crippen molar-refractivity contribution in [3.63, 3.8) is 0 Å². The van der Waals surface area contributed by atoms with Crippen LogP contribution < -0.4 is 0 Å². The first-order valence-corrected chi connectivity index (χ1v) is 23.8. The minimum atomic E-state index is 1.20. The lowest BCUT2D eigenvalue weighted by Gasteiger charge is -2.24. The summed E-state index contributed by atoms with van der Waals surface area (Å²) in [5, 5.41) is 9.90. The third-order valence-electron chi connectivity index (χ3n) is 14.0. The maximum atomic E-state index is 2.44. The minimum absolute atomic E-state index is 1.20. The maximum Gasteiger partial charge on any atom is -0.00139 e. The molecule has 0 N–H and O–H groups in total. The fourth-order valence-corrected chi connectivity index (χ4v) is 11.3. The Kier molecular flexibility index (Phi) is 10.2.